The first kappa shape index (κ1) is 29.7. The van der Waals surface area contributed by atoms with E-state index in [0.717, 1.165) is 74.8 Å². The summed E-state index contributed by atoms with van der Waals surface area (Å²) in [6.45, 7) is 6.40. The van der Waals surface area contributed by atoms with Crippen molar-refractivity contribution >= 4 is 28.8 Å². The highest BCUT2D eigenvalue weighted by Gasteiger charge is 2.29. The van der Waals surface area contributed by atoms with Crippen molar-refractivity contribution in [3.8, 4) is 0 Å². The van der Waals surface area contributed by atoms with Gasteiger partial charge in [-0.2, -0.15) is 4.99 Å². The first-order valence-corrected chi connectivity index (χ1v) is 15.0. The summed E-state index contributed by atoms with van der Waals surface area (Å²) in [5.41, 5.74) is 3.70. The Morgan fingerprint density at radius 1 is 1.02 bits per heavy atom. The van der Waals surface area contributed by atoms with Crippen LogP contribution in [0, 0.1) is 17.7 Å². The summed E-state index contributed by atoms with van der Waals surface area (Å²) in [5, 5.41) is 12.2. The number of likely N-dealkylation sites (tertiary alicyclic amines) is 1. The lowest BCUT2D eigenvalue weighted by atomic mass is 9.85. The average molecular weight is 578 g/mol. The molecule has 1 saturated carbocycles. The fraction of sp³-hybridized carbons (Fsp3) is 0.500. The van der Waals surface area contributed by atoms with Crippen LogP contribution in [0.2, 0.25) is 0 Å². The number of carbonyl (C=O) groups is 3. The molecule has 1 aliphatic heterocycles. The van der Waals surface area contributed by atoms with Crippen molar-refractivity contribution in [1.82, 2.24) is 19.8 Å². The summed E-state index contributed by atoms with van der Waals surface area (Å²) < 4.78 is 15.6. The number of H-pyrrole nitrogens is 1. The second-order valence-corrected chi connectivity index (χ2v) is 12.1. The molecule has 1 saturated heterocycles. The molecule has 3 N–H and O–H groups in total. The number of amides is 2. The number of nitrogens with one attached hydrogen (secondary N) is 2. The highest BCUT2D eigenvalue weighted by molar-refractivity contribution is 5.95. The molecule has 0 spiro atoms. The number of benzene rings is 2. The van der Waals surface area contributed by atoms with Crippen molar-refractivity contribution in [2.45, 2.75) is 77.4 Å². The van der Waals surface area contributed by atoms with Crippen molar-refractivity contribution in [3.63, 3.8) is 0 Å². The molecular weight excluding hydrogens is 537 g/mol. The standard InChI is InChI=1S/C32H40FN5O4/c1-20(2)34-30(41)24-6-10-26(11-7-24)38-28-17-22(19-37-15-13-21(14-16-37)18-29(39)40)3-12-27(28)35-32(38)36-31(42)23-4-8-25(33)9-5-23/h3-5,8-9,12,17,20-21,24,26H,6-7,10-11,13-16,18-19H2,1-2H3,(H,34,41)(H,39,40)(H,35,36,42). The normalized spacial score (nSPS) is 20.7. The minimum atomic E-state index is -0.732. The number of carboxylic acids is 1. The Hall–Kier alpha value is -3.79. The van der Waals surface area contributed by atoms with E-state index in [1.807, 2.05) is 19.9 Å². The maximum Gasteiger partial charge on any atom is 0.303 e. The van der Waals surface area contributed by atoms with Crippen LogP contribution in [0.25, 0.3) is 11.0 Å². The molecule has 2 fully saturated rings. The summed E-state index contributed by atoms with van der Waals surface area (Å²) in [6.07, 6.45) is 5.04. The summed E-state index contributed by atoms with van der Waals surface area (Å²) in [4.78, 5) is 47.0. The van der Waals surface area contributed by atoms with Gasteiger partial charge < -0.3 is 20.0 Å². The van der Waals surface area contributed by atoms with Gasteiger partial charge in [0.25, 0.3) is 5.91 Å². The van der Waals surface area contributed by atoms with E-state index in [-0.39, 0.29) is 36.2 Å². The van der Waals surface area contributed by atoms with E-state index >= 15 is 0 Å². The van der Waals surface area contributed by atoms with Crippen LogP contribution in [0.1, 0.15) is 80.8 Å². The van der Waals surface area contributed by atoms with Crippen molar-refractivity contribution in [2.75, 3.05) is 13.1 Å². The number of carboxylic acid groups (broad SMARTS) is 1. The van der Waals surface area contributed by atoms with Gasteiger partial charge in [-0.05, 0) is 113 Å². The van der Waals surface area contributed by atoms with E-state index in [1.54, 1.807) is 0 Å². The number of imidazole rings is 1. The van der Waals surface area contributed by atoms with Crippen LogP contribution in [0.5, 0.6) is 0 Å². The lowest BCUT2D eigenvalue weighted by Crippen LogP contribution is -2.38. The second kappa shape index (κ2) is 13.0. The minimum absolute atomic E-state index is 0.0321. The Kier molecular flexibility index (Phi) is 9.21. The van der Waals surface area contributed by atoms with Crippen LogP contribution in [0.15, 0.2) is 47.5 Å². The molecule has 1 aromatic heterocycles. The number of halogens is 1. The molecule has 224 valence electrons. The first-order chi connectivity index (χ1) is 20.2. The lowest BCUT2D eigenvalue weighted by molar-refractivity contribution is -0.138. The van der Waals surface area contributed by atoms with Gasteiger partial charge >= 0.3 is 5.97 Å². The largest absolute Gasteiger partial charge is 0.481 e. The molecule has 2 heterocycles. The molecule has 2 amide bonds. The molecule has 1 aliphatic carbocycles. The van der Waals surface area contributed by atoms with Gasteiger partial charge in [-0.1, -0.05) is 6.07 Å². The van der Waals surface area contributed by atoms with Gasteiger partial charge in [0.05, 0.1) is 11.0 Å². The molecule has 9 nitrogen and oxygen atoms in total. The number of piperidine rings is 1. The maximum absolute atomic E-state index is 13.4. The summed E-state index contributed by atoms with van der Waals surface area (Å²) >= 11 is 0. The Labute approximate surface area is 244 Å². The van der Waals surface area contributed by atoms with Crippen LogP contribution in [0.3, 0.4) is 0 Å². The third-order valence-electron chi connectivity index (χ3n) is 8.54. The summed E-state index contributed by atoms with van der Waals surface area (Å²) in [7, 11) is 0. The number of hydrogen-bond donors (Lipinski definition) is 3. The van der Waals surface area contributed by atoms with Crippen molar-refractivity contribution in [2.24, 2.45) is 16.8 Å². The van der Waals surface area contributed by atoms with E-state index in [9.17, 15) is 18.8 Å². The number of hydrogen-bond acceptors (Lipinski definition) is 4. The van der Waals surface area contributed by atoms with Crippen LogP contribution in [-0.4, -0.2) is 56.5 Å². The summed E-state index contributed by atoms with van der Waals surface area (Å²) in [6, 6.07) is 11.8. The average Bonchev–Trinajstić information content (AvgIpc) is 3.30. The highest BCUT2D eigenvalue weighted by Crippen LogP contribution is 2.34. The molecule has 0 atom stereocenters. The molecule has 2 aliphatic rings. The highest BCUT2D eigenvalue weighted by atomic mass is 19.1. The number of rotatable bonds is 8. The molecule has 3 aromatic rings. The number of aliphatic carboxylic acids is 1. The number of aromatic amines is 1. The number of carbonyl (C=O) groups excluding carboxylic acids is 2. The van der Waals surface area contributed by atoms with Gasteiger partial charge in [0, 0.05) is 36.5 Å². The zero-order chi connectivity index (χ0) is 29.8. The fourth-order valence-electron chi connectivity index (χ4n) is 6.33. The molecule has 2 aromatic carbocycles. The molecule has 10 heteroatoms. The predicted octanol–water partition coefficient (Wildman–Crippen LogP) is 4.79. The number of fused-ring (bicyclic) bond motifs is 1. The Morgan fingerprint density at radius 2 is 1.71 bits per heavy atom. The molecule has 5 rings (SSSR count). The first-order valence-electron chi connectivity index (χ1n) is 15.0. The van der Waals surface area contributed by atoms with E-state index in [4.69, 9.17) is 5.11 Å². The van der Waals surface area contributed by atoms with Gasteiger partial charge in [0.2, 0.25) is 11.5 Å². The SMILES string of the molecule is CC(C)NC(=O)C1CCC(n2/c(=N/C(=O)c3ccc(F)cc3)[nH]c3ccc(CN4CCC(CC(=O)O)CC4)cc32)CC1. The monoisotopic (exact) mass is 577 g/mol. The Balaban J connectivity index is 1.42. The number of aromatic nitrogens is 2. The second-order valence-electron chi connectivity index (χ2n) is 12.1. The van der Waals surface area contributed by atoms with Crippen LogP contribution in [-0.2, 0) is 16.1 Å². The van der Waals surface area contributed by atoms with Gasteiger partial charge in [-0.15, -0.1) is 0 Å². The van der Waals surface area contributed by atoms with E-state index in [2.05, 4.69) is 36.9 Å². The van der Waals surface area contributed by atoms with Crippen molar-refractivity contribution in [3.05, 3.63) is 65.0 Å². The van der Waals surface area contributed by atoms with Crippen molar-refractivity contribution < 1.29 is 23.9 Å². The zero-order valence-corrected chi connectivity index (χ0v) is 24.3. The van der Waals surface area contributed by atoms with E-state index < -0.39 is 17.7 Å². The van der Waals surface area contributed by atoms with Crippen molar-refractivity contribution in [1.29, 1.82) is 0 Å². The van der Waals surface area contributed by atoms with Crippen LogP contribution >= 0.6 is 0 Å². The van der Waals surface area contributed by atoms with Gasteiger partial charge in [-0.25, -0.2) is 4.39 Å². The Bertz CT molecular complexity index is 1490. The third kappa shape index (κ3) is 7.15. The van der Waals surface area contributed by atoms with Gasteiger partial charge in [0.15, 0.2) is 0 Å². The molecule has 0 unspecified atom stereocenters. The third-order valence-corrected chi connectivity index (χ3v) is 8.54. The van der Waals surface area contributed by atoms with Gasteiger partial charge in [-0.3, -0.25) is 19.3 Å². The quantitative estimate of drug-likeness (QED) is 0.356. The molecule has 0 bridgehead atoms. The molecule has 0 radical (unpaired) electrons. The fourth-order valence-corrected chi connectivity index (χ4v) is 6.33. The number of nitrogens with zero attached hydrogens (tertiary/aromatic N) is 3. The van der Waals surface area contributed by atoms with Crippen LogP contribution < -0.4 is 10.9 Å². The van der Waals surface area contributed by atoms with E-state index in [0.29, 0.717) is 11.2 Å². The predicted molar refractivity (Wildman–Crippen MR) is 157 cm³/mol. The van der Waals surface area contributed by atoms with E-state index in [1.165, 1.54) is 24.3 Å². The summed E-state index contributed by atoms with van der Waals surface area (Å²) in [5.74, 6) is -1.30. The topological polar surface area (TPSA) is 120 Å². The van der Waals surface area contributed by atoms with Gasteiger partial charge in [0.1, 0.15) is 5.82 Å². The minimum Gasteiger partial charge on any atom is -0.481 e. The lowest BCUT2D eigenvalue weighted by Gasteiger charge is -2.31. The molecule has 42 heavy (non-hydrogen) atoms. The molecular formula is C32H40FN5O4. The smallest absolute Gasteiger partial charge is 0.303 e. The zero-order valence-electron chi connectivity index (χ0n) is 24.3. The maximum atomic E-state index is 13.4. The Morgan fingerprint density at radius 3 is 2.36 bits per heavy atom. The van der Waals surface area contributed by atoms with Crippen LogP contribution in [0.4, 0.5) is 4.39 Å².